The number of rotatable bonds is 3. The lowest BCUT2D eigenvalue weighted by Gasteiger charge is -2.29. The second-order valence-electron chi connectivity index (χ2n) is 4.89. The molecule has 0 unspecified atom stereocenters. The maximum absolute atomic E-state index is 12.3. The Morgan fingerprint density at radius 2 is 2.05 bits per heavy atom. The van der Waals surface area contributed by atoms with E-state index in [0.29, 0.717) is 30.2 Å². The molecule has 22 heavy (non-hydrogen) atoms. The zero-order valence-corrected chi connectivity index (χ0v) is 11.9. The van der Waals surface area contributed by atoms with Gasteiger partial charge >= 0.3 is 6.09 Å². The lowest BCUT2D eigenvalue weighted by Crippen LogP contribution is -2.38. The third-order valence-electron chi connectivity index (χ3n) is 3.41. The third-order valence-corrected chi connectivity index (χ3v) is 3.41. The molecular weight excluding hydrogens is 282 g/mol. The van der Waals surface area contributed by atoms with Crippen LogP contribution >= 0.6 is 0 Å². The molecule has 0 aromatic heterocycles. The molecule has 0 radical (unpaired) electrons. The first kappa shape index (κ1) is 14.1. The number of anilines is 1. The van der Waals surface area contributed by atoms with Crippen molar-refractivity contribution in [1.29, 1.82) is 0 Å². The van der Waals surface area contributed by atoms with E-state index in [9.17, 15) is 9.59 Å². The van der Waals surface area contributed by atoms with Gasteiger partial charge in [-0.05, 0) is 23.8 Å². The summed E-state index contributed by atoms with van der Waals surface area (Å²) >= 11 is 0. The maximum atomic E-state index is 12.3. The largest absolute Gasteiger partial charge is 0.490 e. The van der Waals surface area contributed by atoms with Gasteiger partial charge in [-0.1, -0.05) is 30.3 Å². The fourth-order valence-corrected chi connectivity index (χ4v) is 2.29. The molecule has 1 heterocycles. The van der Waals surface area contributed by atoms with Crippen LogP contribution in [-0.4, -0.2) is 25.5 Å². The summed E-state index contributed by atoms with van der Waals surface area (Å²) in [6, 6.07) is 14.5. The number of hydrogen-bond acceptors (Lipinski definition) is 4. The summed E-state index contributed by atoms with van der Waals surface area (Å²) in [7, 11) is 0. The molecule has 0 fully saturated rings. The maximum Gasteiger partial charge on any atom is 0.414 e. The highest BCUT2D eigenvalue weighted by atomic mass is 16.6. The lowest BCUT2D eigenvalue weighted by molar-refractivity contribution is 0.112. The van der Waals surface area contributed by atoms with Crippen molar-refractivity contribution in [2.24, 2.45) is 0 Å². The molecule has 3 rings (SSSR count). The number of fused-ring (bicyclic) bond motifs is 1. The summed E-state index contributed by atoms with van der Waals surface area (Å²) in [5.41, 5.74) is 1.98. The molecule has 1 aliphatic heterocycles. The molecule has 1 amide bonds. The Morgan fingerprint density at radius 1 is 1.23 bits per heavy atom. The molecule has 5 nitrogen and oxygen atoms in total. The van der Waals surface area contributed by atoms with Crippen molar-refractivity contribution < 1.29 is 19.1 Å². The Labute approximate surface area is 128 Å². The van der Waals surface area contributed by atoms with Crippen molar-refractivity contribution in [2.75, 3.05) is 18.1 Å². The lowest BCUT2D eigenvalue weighted by atomic mass is 10.1. The number of carbonyl (C=O) groups is 2. The van der Waals surface area contributed by atoms with E-state index in [1.54, 1.807) is 18.2 Å². The number of hydrogen-bond donors (Lipinski definition) is 0. The van der Waals surface area contributed by atoms with Crippen LogP contribution in [0.3, 0.4) is 0 Å². The van der Waals surface area contributed by atoms with E-state index in [0.717, 1.165) is 11.8 Å². The van der Waals surface area contributed by atoms with Crippen molar-refractivity contribution in [3.63, 3.8) is 0 Å². The number of carbonyl (C=O) groups excluding carboxylic acids is 2. The minimum absolute atomic E-state index is 0.208. The highest BCUT2D eigenvalue weighted by Crippen LogP contribution is 2.32. The Kier molecular flexibility index (Phi) is 4.05. The van der Waals surface area contributed by atoms with E-state index in [4.69, 9.17) is 9.47 Å². The van der Waals surface area contributed by atoms with Gasteiger partial charge in [0.25, 0.3) is 0 Å². The molecular formula is C17H15NO4. The van der Waals surface area contributed by atoms with Crippen molar-refractivity contribution in [3.05, 3.63) is 59.7 Å². The highest BCUT2D eigenvalue weighted by Gasteiger charge is 2.25. The van der Waals surface area contributed by atoms with Gasteiger partial charge in [0.2, 0.25) is 0 Å². The molecule has 2 aromatic carbocycles. The normalized spacial score (nSPS) is 13.0. The van der Waals surface area contributed by atoms with Gasteiger partial charge in [0.15, 0.2) is 0 Å². The van der Waals surface area contributed by atoms with Crippen LogP contribution in [0.5, 0.6) is 5.75 Å². The quantitative estimate of drug-likeness (QED) is 0.817. The summed E-state index contributed by atoms with van der Waals surface area (Å²) < 4.78 is 10.8. The Balaban J connectivity index is 1.75. The van der Waals surface area contributed by atoms with Gasteiger partial charge < -0.3 is 9.47 Å². The minimum atomic E-state index is -0.448. The standard InChI is InChI=1S/C17H15NO4/c19-11-14-6-7-16-15(10-14)18(8-9-21-16)17(20)22-12-13-4-2-1-3-5-13/h1-7,10-11H,8-9,12H2. The van der Waals surface area contributed by atoms with Crippen LogP contribution in [0.4, 0.5) is 10.5 Å². The van der Waals surface area contributed by atoms with Crippen LogP contribution in [0.25, 0.3) is 0 Å². The van der Waals surface area contributed by atoms with Crippen LogP contribution in [0.2, 0.25) is 0 Å². The second kappa shape index (κ2) is 6.30. The molecule has 0 bridgehead atoms. The van der Waals surface area contributed by atoms with E-state index in [-0.39, 0.29) is 6.61 Å². The average Bonchev–Trinajstić information content (AvgIpc) is 2.59. The Hall–Kier alpha value is -2.82. The van der Waals surface area contributed by atoms with Gasteiger partial charge in [-0.3, -0.25) is 9.69 Å². The summed E-state index contributed by atoms with van der Waals surface area (Å²) in [5.74, 6) is 0.577. The van der Waals surface area contributed by atoms with E-state index in [1.807, 2.05) is 30.3 Å². The first-order chi connectivity index (χ1) is 10.8. The zero-order chi connectivity index (χ0) is 15.4. The topological polar surface area (TPSA) is 55.8 Å². The Morgan fingerprint density at radius 3 is 2.82 bits per heavy atom. The SMILES string of the molecule is O=Cc1ccc2c(c1)N(C(=O)OCc1ccccc1)CCO2. The molecule has 1 aliphatic rings. The monoisotopic (exact) mass is 297 g/mol. The Bertz CT molecular complexity index is 684. The number of aldehydes is 1. The molecule has 5 heteroatoms. The van der Waals surface area contributed by atoms with Crippen LogP contribution in [-0.2, 0) is 11.3 Å². The summed E-state index contributed by atoms with van der Waals surface area (Å²) in [4.78, 5) is 24.7. The van der Waals surface area contributed by atoms with Crippen LogP contribution in [0.15, 0.2) is 48.5 Å². The van der Waals surface area contributed by atoms with Crippen LogP contribution < -0.4 is 9.64 Å². The summed E-state index contributed by atoms with van der Waals surface area (Å²) in [5, 5.41) is 0. The van der Waals surface area contributed by atoms with Crippen molar-refractivity contribution >= 4 is 18.1 Å². The van der Waals surface area contributed by atoms with Gasteiger partial charge in [-0.2, -0.15) is 0 Å². The van der Waals surface area contributed by atoms with Crippen molar-refractivity contribution in [2.45, 2.75) is 6.61 Å². The van der Waals surface area contributed by atoms with Crippen LogP contribution in [0.1, 0.15) is 15.9 Å². The van der Waals surface area contributed by atoms with Crippen molar-refractivity contribution in [3.8, 4) is 5.75 Å². The predicted molar refractivity (Wildman–Crippen MR) is 81.3 cm³/mol. The van der Waals surface area contributed by atoms with E-state index in [2.05, 4.69) is 0 Å². The van der Waals surface area contributed by atoms with E-state index < -0.39 is 6.09 Å². The second-order valence-corrected chi connectivity index (χ2v) is 4.89. The highest BCUT2D eigenvalue weighted by molar-refractivity contribution is 5.92. The summed E-state index contributed by atoms with van der Waals surface area (Å²) in [6.07, 6.45) is 0.291. The van der Waals surface area contributed by atoms with Gasteiger partial charge in [-0.25, -0.2) is 4.79 Å². The van der Waals surface area contributed by atoms with E-state index in [1.165, 1.54) is 4.90 Å². The molecule has 0 aliphatic carbocycles. The first-order valence-electron chi connectivity index (χ1n) is 6.98. The molecule has 0 atom stereocenters. The third kappa shape index (κ3) is 2.93. The molecule has 0 N–H and O–H groups in total. The van der Waals surface area contributed by atoms with Crippen LogP contribution in [0, 0.1) is 0 Å². The first-order valence-corrected chi connectivity index (χ1v) is 6.98. The summed E-state index contributed by atoms with van der Waals surface area (Å²) in [6.45, 7) is 0.997. The molecule has 112 valence electrons. The number of amides is 1. The smallest absolute Gasteiger partial charge is 0.414 e. The fourth-order valence-electron chi connectivity index (χ4n) is 2.29. The van der Waals surface area contributed by atoms with Gasteiger partial charge in [0.05, 0.1) is 12.2 Å². The predicted octanol–water partition coefficient (Wildman–Crippen LogP) is 3.03. The van der Waals surface area contributed by atoms with Gasteiger partial charge in [0.1, 0.15) is 25.2 Å². The minimum Gasteiger partial charge on any atom is -0.490 e. The van der Waals surface area contributed by atoms with Crippen molar-refractivity contribution in [1.82, 2.24) is 0 Å². The fraction of sp³-hybridized carbons (Fsp3) is 0.176. The molecule has 2 aromatic rings. The zero-order valence-electron chi connectivity index (χ0n) is 11.9. The number of ether oxygens (including phenoxy) is 2. The number of nitrogens with zero attached hydrogens (tertiary/aromatic N) is 1. The van der Waals surface area contributed by atoms with Gasteiger partial charge in [-0.15, -0.1) is 0 Å². The average molecular weight is 297 g/mol. The van der Waals surface area contributed by atoms with Gasteiger partial charge in [0, 0.05) is 5.56 Å². The van der Waals surface area contributed by atoms with E-state index >= 15 is 0 Å². The molecule has 0 saturated heterocycles. The molecule has 0 spiro atoms. The number of benzene rings is 2. The molecule has 0 saturated carbocycles.